The second kappa shape index (κ2) is 11.1. The Kier molecular flexibility index (Phi) is 6.02. The van der Waals surface area contributed by atoms with Crippen LogP contribution in [0, 0.1) is 0 Å². The molecule has 54 heavy (non-hydrogen) atoms. The molecule has 3 heterocycles. The highest BCUT2D eigenvalue weighted by atomic mass is 15.2. The Bertz CT molecular complexity index is 3490. The van der Waals surface area contributed by atoms with E-state index in [1.54, 1.807) is 0 Å². The molecule has 0 amide bonds. The Morgan fingerprint density at radius 1 is 0.315 bits per heavy atom. The average Bonchev–Trinajstić information content (AvgIpc) is 3.78. The molecule has 0 radical (unpaired) electrons. The first-order valence-corrected chi connectivity index (χ1v) is 18.4. The monoisotopic (exact) mass is 686 g/mol. The molecule has 0 bridgehead atoms. The van der Waals surface area contributed by atoms with E-state index in [-0.39, 0.29) is 0 Å². The van der Waals surface area contributed by atoms with E-state index in [9.17, 15) is 0 Å². The van der Waals surface area contributed by atoms with Crippen LogP contribution in [0.4, 0.5) is 0 Å². The summed E-state index contributed by atoms with van der Waals surface area (Å²) in [7, 11) is 0. The minimum Gasteiger partial charge on any atom is -0.309 e. The molecule has 0 spiro atoms. The molecule has 0 aliphatic rings. The van der Waals surface area contributed by atoms with Gasteiger partial charge in [0.15, 0.2) is 0 Å². The van der Waals surface area contributed by atoms with Crippen molar-refractivity contribution in [2.24, 2.45) is 0 Å². The molecule has 0 aliphatic heterocycles. The smallest absolute Gasteiger partial charge is 0.235 e. The lowest BCUT2D eigenvalue weighted by molar-refractivity contribution is 1.02. The van der Waals surface area contributed by atoms with Gasteiger partial charge in [-0.15, -0.1) is 0 Å². The van der Waals surface area contributed by atoms with Crippen molar-refractivity contribution in [3.63, 3.8) is 0 Å². The van der Waals surface area contributed by atoms with Gasteiger partial charge in [0.05, 0.1) is 33.3 Å². The van der Waals surface area contributed by atoms with Crippen LogP contribution >= 0.6 is 0 Å². The van der Waals surface area contributed by atoms with Crippen LogP contribution in [-0.4, -0.2) is 19.1 Å². The van der Waals surface area contributed by atoms with Crippen molar-refractivity contribution in [3.05, 3.63) is 182 Å². The molecule has 0 aliphatic carbocycles. The van der Waals surface area contributed by atoms with Crippen LogP contribution in [0.5, 0.6) is 0 Å². The van der Waals surface area contributed by atoms with Crippen molar-refractivity contribution in [2.45, 2.75) is 0 Å². The predicted octanol–water partition coefficient (Wildman–Crippen LogP) is 13.0. The van der Waals surface area contributed by atoms with E-state index in [1.165, 1.54) is 64.9 Å². The minimum absolute atomic E-state index is 0.661. The predicted molar refractivity (Wildman–Crippen MR) is 226 cm³/mol. The van der Waals surface area contributed by atoms with E-state index < -0.39 is 0 Å². The Morgan fingerprint density at radius 2 is 0.759 bits per heavy atom. The summed E-state index contributed by atoms with van der Waals surface area (Å²) < 4.78 is 4.78. The molecule has 3 aromatic heterocycles. The van der Waals surface area contributed by atoms with Gasteiger partial charge in [0, 0.05) is 59.7 Å². The van der Waals surface area contributed by atoms with Gasteiger partial charge in [-0.2, -0.15) is 0 Å². The topological polar surface area (TPSA) is 35.6 Å². The van der Waals surface area contributed by atoms with Crippen LogP contribution in [0.3, 0.4) is 0 Å². The van der Waals surface area contributed by atoms with E-state index in [0.717, 1.165) is 38.9 Å². The molecule has 0 saturated carbocycles. The van der Waals surface area contributed by atoms with Crippen LogP contribution < -0.4 is 0 Å². The molecule has 0 atom stereocenters. The quantitative estimate of drug-likeness (QED) is 0.173. The van der Waals surface area contributed by atoms with Gasteiger partial charge in [0.1, 0.15) is 0 Å². The van der Waals surface area contributed by atoms with Crippen LogP contribution in [0.15, 0.2) is 182 Å². The van der Waals surface area contributed by atoms with E-state index in [0.29, 0.717) is 5.95 Å². The average molecular weight is 687 g/mol. The van der Waals surface area contributed by atoms with Gasteiger partial charge in [-0.3, -0.25) is 4.57 Å². The van der Waals surface area contributed by atoms with Crippen molar-refractivity contribution in [3.8, 4) is 22.9 Å². The van der Waals surface area contributed by atoms with Crippen LogP contribution in [0.25, 0.3) is 110 Å². The van der Waals surface area contributed by atoms with Crippen molar-refractivity contribution in [1.82, 2.24) is 19.1 Å². The number of fused-ring (bicyclic) bond motifs is 16. The molecule has 0 unspecified atom stereocenters. The summed E-state index contributed by atoms with van der Waals surface area (Å²) in [6.07, 6.45) is 0. The van der Waals surface area contributed by atoms with Gasteiger partial charge in [-0.05, 0) is 41.1 Å². The lowest BCUT2D eigenvalue weighted by atomic mass is 9.89. The van der Waals surface area contributed by atoms with Gasteiger partial charge in [-0.1, -0.05) is 152 Å². The third kappa shape index (κ3) is 3.91. The van der Waals surface area contributed by atoms with Crippen LogP contribution in [-0.2, 0) is 0 Å². The molecule has 0 saturated heterocycles. The highest BCUT2D eigenvalue weighted by molar-refractivity contribution is 6.45. The summed E-state index contributed by atoms with van der Waals surface area (Å²) in [6.45, 7) is 0. The summed E-state index contributed by atoms with van der Waals surface area (Å²) >= 11 is 0. The van der Waals surface area contributed by atoms with Crippen molar-refractivity contribution in [2.75, 3.05) is 0 Å². The third-order valence-corrected chi connectivity index (χ3v) is 11.3. The lowest BCUT2D eigenvalue weighted by Crippen LogP contribution is -2.04. The largest absolute Gasteiger partial charge is 0.309 e. The zero-order valence-electron chi connectivity index (χ0n) is 29.1. The summed E-state index contributed by atoms with van der Waals surface area (Å²) in [5.41, 5.74) is 8.67. The SMILES string of the molecule is c1ccc(-c2nc(-n3c4ccccc4c4c5c6ccccc6c6c(c7ccccc7n6-c6ccccc6)c5c5ccccc5c43)nc3ccccc23)cc1. The van der Waals surface area contributed by atoms with E-state index >= 15 is 0 Å². The summed E-state index contributed by atoms with van der Waals surface area (Å²) in [6, 6.07) is 65.2. The maximum atomic E-state index is 5.44. The molecule has 250 valence electrons. The van der Waals surface area contributed by atoms with E-state index in [4.69, 9.17) is 9.97 Å². The maximum Gasteiger partial charge on any atom is 0.235 e. The first-order valence-electron chi connectivity index (χ1n) is 18.4. The number of benzene rings is 9. The normalized spacial score (nSPS) is 12.1. The van der Waals surface area contributed by atoms with Gasteiger partial charge in [0.25, 0.3) is 0 Å². The Morgan fingerprint density at radius 3 is 1.37 bits per heavy atom. The molecule has 4 heteroatoms. The van der Waals surface area contributed by atoms with E-state index in [2.05, 4.69) is 191 Å². The Balaban J connectivity index is 1.36. The number of rotatable bonds is 3. The van der Waals surface area contributed by atoms with Crippen LogP contribution in [0.1, 0.15) is 0 Å². The molecule has 12 aromatic rings. The number of aromatic nitrogens is 4. The summed E-state index contributed by atoms with van der Waals surface area (Å²) in [4.78, 5) is 10.8. The fourth-order valence-corrected chi connectivity index (χ4v) is 9.13. The first kappa shape index (κ1) is 29.3. The fourth-order valence-electron chi connectivity index (χ4n) is 9.13. The maximum absolute atomic E-state index is 5.44. The third-order valence-electron chi connectivity index (χ3n) is 11.3. The lowest BCUT2D eigenvalue weighted by Gasteiger charge is -2.16. The molecule has 4 nitrogen and oxygen atoms in total. The second-order valence-corrected chi connectivity index (χ2v) is 14.1. The Hall–Kier alpha value is -7.30. The van der Waals surface area contributed by atoms with Crippen molar-refractivity contribution >= 4 is 86.8 Å². The molecular formula is C50H30N4. The summed E-state index contributed by atoms with van der Waals surface area (Å²) in [5, 5.41) is 13.3. The summed E-state index contributed by atoms with van der Waals surface area (Å²) in [5.74, 6) is 0.661. The molecule has 0 fully saturated rings. The molecule has 0 N–H and O–H groups in total. The zero-order valence-corrected chi connectivity index (χ0v) is 29.1. The van der Waals surface area contributed by atoms with Gasteiger partial charge < -0.3 is 4.57 Å². The number of hydrogen-bond acceptors (Lipinski definition) is 2. The van der Waals surface area contributed by atoms with Gasteiger partial charge >= 0.3 is 0 Å². The zero-order chi connectivity index (χ0) is 35.3. The molecule has 9 aromatic carbocycles. The van der Waals surface area contributed by atoms with E-state index in [1.807, 2.05) is 0 Å². The number of hydrogen-bond donors (Lipinski definition) is 0. The van der Waals surface area contributed by atoms with Crippen LogP contribution in [0.2, 0.25) is 0 Å². The molecule has 12 rings (SSSR count). The fraction of sp³-hybridized carbons (Fsp3) is 0. The molecular weight excluding hydrogens is 657 g/mol. The highest BCUT2D eigenvalue weighted by Gasteiger charge is 2.26. The number of nitrogens with zero attached hydrogens (tertiary/aromatic N) is 4. The second-order valence-electron chi connectivity index (χ2n) is 14.1. The Labute approximate surface area is 309 Å². The standard InChI is InChI=1S/C50H30N4/c1-3-17-31(18-4-1)47-37-25-11-14-28-40(37)51-50(52-47)54-42-30-16-13-27-39(42)46-44-33-21-7-9-23-35(33)48-45(43(44)34-22-8-10-24-36(34)49(46)54)38-26-12-15-29-41(38)53(48)32-19-5-2-6-20-32/h1-30H. The van der Waals surface area contributed by atoms with Crippen molar-refractivity contribution in [1.29, 1.82) is 0 Å². The highest BCUT2D eigenvalue weighted by Crippen LogP contribution is 2.50. The first-order chi connectivity index (χ1) is 26.8. The van der Waals surface area contributed by atoms with Gasteiger partial charge in [-0.25, -0.2) is 9.97 Å². The van der Waals surface area contributed by atoms with Crippen molar-refractivity contribution < 1.29 is 0 Å². The number of para-hydroxylation sites is 4. The minimum atomic E-state index is 0.661. The van der Waals surface area contributed by atoms with Gasteiger partial charge in [0.2, 0.25) is 5.95 Å².